The molecule has 0 fully saturated rings. The molecule has 0 aromatic heterocycles. The fraction of sp³-hybridized carbons (Fsp3) is 0.150. The van der Waals surface area contributed by atoms with E-state index in [4.69, 9.17) is 16.3 Å². The number of carbonyl (C=O) groups is 1. The Balaban J connectivity index is 1.53. The Labute approximate surface area is 146 Å². The molecular formula is C20H18ClNO2. The van der Waals surface area contributed by atoms with E-state index in [2.05, 4.69) is 17.4 Å². The van der Waals surface area contributed by atoms with Crippen LogP contribution >= 0.6 is 11.6 Å². The summed E-state index contributed by atoms with van der Waals surface area (Å²) in [6.45, 7) is 1.06. The van der Waals surface area contributed by atoms with Crippen LogP contribution in [0.25, 0.3) is 6.08 Å². The second kappa shape index (κ2) is 7.84. The number of hydrogen-bond donors (Lipinski definition) is 1. The van der Waals surface area contributed by atoms with Crippen LogP contribution in [0.3, 0.4) is 0 Å². The average Bonchev–Trinajstić information content (AvgIpc) is 2.60. The lowest BCUT2D eigenvalue weighted by Gasteiger charge is -2.16. The van der Waals surface area contributed by atoms with Gasteiger partial charge in [0.2, 0.25) is 5.91 Å². The number of carbonyl (C=O) groups excluding carboxylic acids is 1. The molecule has 0 unspecified atom stereocenters. The van der Waals surface area contributed by atoms with Gasteiger partial charge in [0, 0.05) is 23.2 Å². The summed E-state index contributed by atoms with van der Waals surface area (Å²) < 4.78 is 5.65. The molecule has 0 atom stereocenters. The predicted molar refractivity (Wildman–Crippen MR) is 97.2 cm³/mol. The van der Waals surface area contributed by atoms with Gasteiger partial charge in [-0.25, -0.2) is 0 Å². The summed E-state index contributed by atoms with van der Waals surface area (Å²) >= 11 is 5.99. The maximum Gasteiger partial charge on any atom is 0.244 e. The van der Waals surface area contributed by atoms with Crippen LogP contribution in [0.15, 0.2) is 66.3 Å². The topological polar surface area (TPSA) is 38.3 Å². The molecule has 2 aromatic carbocycles. The van der Waals surface area contributed by atoms with Crippen molar-refractivity contribution in [3.63, 3.8) is 0 Å². The Morgan fingerprint density at radius 3 is 2.88 bits per heavy atom. The van der Waals surface area contributed by atoms with Gasteiger partial charge >= 0.3 is 0 Å². The van der Waals surface area contributed by atoms with Crippen LogP contribution < -0.4 is 10.1 Å². The lowest BCUT2D eigenvalue weighted by atomic mass is 10.1. The molecule has 1 aliphatic rings. The molecule has 4 heteroatoms. The second-order valence-electron chi connectivity index (χ2n) is 5.55. The normalized spacial score (nSPS) is 13.1. The van der Waals surface area contributed by atoms with Crippen molar-refractivity contribution in [2.24, 2.45) is 0 Å². The van der Waals surface area contributed by atoms with Gasteiger partial charge in [0.15, 0.2) is 0 Å². The van der Waals surface area contributed by atoms with Gasteiger partial charge in [-0.15, -0.1) is 0 Å². The van der Waals surface area contributed by atoms with Crippen LogP contribution in [0.2, 0.25) is 5.02 Å². The molecule has 0 radical (unpaired) electrons. The zero-order valence-electron chi connectivity index (χ0n) is 13.2. The third-order valence-electron chi connectivity index (χ3n) is 3.71. The molecule has 122 valence electrons. The van der Waals surface area contributed by atoms with Crippen molar-refractivity contribution in [1.82, 2.24) is 5.32 Å². The minimum absolute atomic E-state index is 0.108. The Kier molecular flexibility index (Phi) is 5.34. The lowest BCUT2D eigenvalue weighted by Crippen LogP contribution is -2.23. The minimum Gasteiger partial charge on any atom is -0.488 e. The number of hydrogen-bond acceptors (Lipinski definition) is 2. The molecule has 0 saturated heterocycles. The highest BCUT2D eigenvalue weighted by atomic mass is 35.5. The number of nitrogens with one attached hydrogen (secondary N) is 1. The summed E-state index contributed by atoms with van der Waals surface area (Å²) in [4.78, 5) is 11.9. The van der Waals surface area contributed by atoms with Crippen LogP contribution in [0.1, 0.15) is 11.1 Å². The van der Waals surface area contributed by atoms with Crippen LogP contribution in [-0.4, -0.2) is 19.1 Å². The Bertz CT molecular complexity index is 781. The van der Waals surface area contributed by atoms with Crippen molar-refractivity contribution in [1.29, 1.82) is 0 Å². The van der Waals surface area contributed by atoms with Crippen LogP contribution in [0.4, 0.5) is 0 Å². The Morgan fingerprint density at radius 1 is 1.21 bits per heavy atom. The van der Waals surface area contributed by atoms with Crippen molar-refractivity contribution >= 4 is 23.6 Å². The second-order valence-corrected chi connectivity index (χ2v) is 5.99. The number of fused-ring (bicyclic) bond motifs is 1. The summed E-state index contributed by atoms with van der Waals surface area (Å²) in [7, 11) is 0. The van der Waals surface area contributed by atoms with Gasteiger partial charge in [0.25, 0.3) is 0 Å². The molecule has 0 saturated carbocycles. The fourth-order valence-corrected chi connectivity index (χ4v) is 2.66. The van der Waals surface area contributed by atoms with Gasteiger partial charge in [-0.1, -0.05) is 48.0 Å². The molecule has 3 rings (SSSR count). The van der Waals surface area contributed by atoms with Gasteiger partial charge in [0.05, 0.1) is 0 Å². The number of amides is 1. The van der Waals surface area contributed by atoms with E-state index in [9.17, 15) is 4.79 Å². The van der Waals surface area contributed by atoms with E-state index in [0.29, 0.717) is 18.2 Å². The fourth-order valence-electron chi connectivity index (χ4n) is 2.48. The SMILES string of the molecule is O=C(/C=C/C1=Cc2cc(Cl)ccc2OC1)NCCc1ccccc1. The van der Waals surface area contributed by atoms with Gasteiger partial charge in [0.1, 0.15) is 12.4 Å². The first-order valence-electron chi connectivity index (χ1n) is 7.83. The highest BCUT2D eigenvalue weighted by molar-refractivity contribution is 6.30. The number of ether oxygens (including phenoxy) is 1. The van der Waals surface area contributed by atoms with Gasteiger partial charge < -0.3 is 10.1 Å². The van der Waals surface area contributed by atoms with Crippen LogP contribution in [0, 0.1) is 0 Å². The largest absolute Gasteiger partial charge is 0.488 e. The third-order valence-corrected chi connectivity index (χ3v) is 3.95. The third kappa shape index (κ3) is 4.49. The van der Waals surface area contributed by atoms with Crippen molar-refractivity contribution in [3.05, 3.63) is 82.4 Å². The van der Waals surface area contributed by atoms with E-state index in [0.717, 1.165) is 23.3 Å². The highest BCUT2D eigenvalue weighted by Gasteiger charge is 2.10. The van der Waals surface area contributed by atoms with Crippen molar-refractivity contribution in [2.75, 3.05) is 13.2 Å². The summed E-state index contributed by atoms with van der Waals surface area (Å²) in [6, 6.07) is 15.6. The molecule has 0 aliphatic carbocycles. The maximum absolute atomic E-state index is 11.9. The lowest BCUT2D eigenvalue weighted by molar-refractivity contribution is -0.116. The van der Waals surface area contributed by atoms with E-state index in [1.165, 1.54) is 11.6 Å². The molecule has 0 bridgehead atoms. The monoisotopic (exact) mass is 339 g/mol. The first-order valence-corrected chi connectivity index (χ1v) is 8.21. The summed E-state index contributed by atoms with van der Waals surface area (Å²) in [5, 5.41) is 3.55. The molecule has 0 spiro atoms. The zero-order chi connectivity index (χ0) is 16.8. The van der Waals surface area contributed by atoms with Crippen molar-refractivity contribution in [3.8, 4) is 5.75 Å². The summed E-state index contributed by atoms with van der Waals surface area (Å²) in [5.41, 5.74) is 3.07. The molecular weight excluding hydrogens is 322 g/mol. The molecule has 1 aliphatic heterocycles. The molecule has 1 amide bonds. The quantitative estimate of drug-likeness (QED) is 0.835. The molecule has 1 heterocycles. The first-order chi connectivity index (χ1) is 11.7. The molecule has 2 aromatic rings. The van der Waals surface area contributed by atoms with Gasteiger partial charge in [-0.2, -0.15) is 0 Å². The number of halogens is 1. The van der Waals surface area contributed by atoms with E-state index < -0.39 is 0 Å². The number of benzene rings is 2. The zero-order valence-corrected chi connectivity index (χ0v) is 13.9. The smallest absolute Gasteiger partial charge is 0.244 e. The first kappa shape index (κ1) is 16.3. The highest BCUT2D eigenvalue weighted by Crippen LogP contribution is 2.29. The van der Waals surface area contributed by atoms with Crippen LogP contribution in [-0.2, 0) is 11.2 Å². The molecule has 24 heavy (non-hydrogen) atoms. The average molecular weight is 340 g/mol. The van der Waals surface area contributed by atoms with E-state index in [1.807, 2.05) is 36.4 Å². The Morgan fingerprint density at radius 2 is 2.04 bits per heavy atom. The van der Waals surface area contributed by atoms with Crippen molar-refractivity contribution < 1.29 is 9.53 Å². The van der Waals surface area contributed by atoms with Crippen molar-refractivity contribution in [2.45, 2.75) is 6.42 Å². The van der Waals surface area contributed by atoms with E-state index in [-0.39, 0.29) is 5.91 Å². The van der Waals surface area contributed by atoms with Gasteiger partial charge in [-0.3, -0.25) is 4.79 Å². The summed E-state index contributed by atoms with van der Waals surface area (Å²) in [5.74, 6) is 0.701. The maximum atomic E-state index is 11.9. The predicted octanol–water partition coefficient (Wildman–Crippen LogP) is 4.03. The van der Waals surface area contributed by atoms with E-state index in [1.54, 1.807) is 12.1 Å². The number of rotatable bonds is 5. The minimum atomic E-state index is -0.108. The molecule has 1 N–H and O–H groups in total. The van der Waals surface area contributed by atoms with E-state index >= 15 is 0 Å². The van der Waals surface area contributed by atoms with Gasteiger partial charge in [-0.05, 0) is 41.8 Å². The summed E-state index contributed by atoms with van der Waals surface area (Å²) in [6.07, 6.45) is 6.12. The standard InChI is InChI=1S/C20H18ClNO2/c21-18-7-8-19-17(13-18)12-16(14-24-19)6-9-20(23)22-11-10-15-4-2-1-3-5-15/h1-9,12-13H,10-11,14H2,(H,22,23)/b9-6+. The Hall–Kier alpha value is -2.52. The molecule has 3 nitrogen and oxygen atoms in total. The van der Waals surface area contributed by atoms with Crippen LogP contribution in [0.5, 0.6) is 5.75 Å².